The first-order valence-corrected chi connectivity index (χ1v) is 17.2. The summed E-state index contributed by atoms with van der Waals surface area (Å²) in [5.74, 6) is 0.612. The second-order valence-corrected chi connectivity index (χ2v) is 12.8. The van der Waals surface area contributed by atoms with E-state index < -0.39 is 0 Å². The van der Waals surface area contributed by atoms with Gasteiger partial charge in [0, 0.05) is 38.8 Å². The van der Waals surface area contributed by atoms with Crippen LogP contribution in [0.15, 0.2) is 192 Å². The third-order valence-electron chi connectivity index (χ3n) is 9.78. The quantitative estimate of drug-likeness (QED) is 0.179. The second kappa shape index (κ2) is 11.9. The maximum atomic E-state index is 6.40. The maximum Gasteiger partial charge on any atom is 0.227 e. The zero-order valence-corrected chi connectivity index (χ0v) is 27.6. The van der Waals surface area contributed by atoms with Gasteiger partial charge >= 0.3 is 0 Å². The van der Waals surface area contributed by atoms with Crippen molar-refractivity contribution in [3.05, 3.63) is 188 Å². The zero-order valence-electron chi connectivity index (χ0n) is 27.6. The Hall–Kier alpha value is -6.91. The van der Waals surface area contributed by atoms with Crippen LogP contribution in [0, 0.1) is 0 Å². The molecule has 0 saturated carbocycles. The summed E-state index contributed by atoms with van der Waals surface area (Å²) in [4.78, 5) is 7.51. The molecular formula is C47H31N3O. The highest BCUT2D eigenvalue weighted by Gasteiger charge is 2.22. The third kappa shape index (κ3) is 4.88. The second-order valence-electron chi connectivity index (χ2n) is 12.8. The smallest absolute Gasteiger partial charge is 0.227 e. The number of aromatic nitrogens is 2. The molecule has 0 bridgehead atoms. The predicted octanol–water partition coefficient (Wildman–Crippen LogP) is 12.9. The van der Waals surface area contributed by atoms with Gasteiger partial charge in [-0.25, -0.2) is 4.98 Å². The van der Waals surface area contributed by atoms with Crippen LogP contribution in [-0.4, -0.2) is 9.55 Å². The standard InChI is InChI=1S/C47H31N3O/c1-4-14-32(15-5-1)35-19-12-22-37(30-35)49(38-27-28-42-40(31-38)39-23-10-11-24-41(39)50(42)36-20-8-3-9-21-36)43-25-13-18-33-26-29-44-46(45(33)43)48-47(51-44)34-16-6-2-7-17-34/h1-31H. The summed E-state index contributed by atoms with van der Waals surface area (Å²) >= 11 is 0. The van der Waals surface area contributed by atoms with Crippen molar-refractivity contribution in [3.8, 4) is 28.3 Å². The van der Waals surface area contributed by atoms with Gasteiger partial charge in [-0.3, -0.25) is 0 Å². The van der Waals surface area contributed by atoms with Crippen molar-refractivity contribution in [1.82, 2.24) is 9.55 Å². The molecule has 0 aliphatic rings. The Balaban J connectivity index is 1.25. The van der Waals surface area contributed by atoms with E-state index in [9.17, 15) is 0 Å². The summed E-state index contributed by atoms with van der Waals surface area (Å²) < 4.78 is 8.76. The summed E-state index contributed by atoms with van der Waals surface area (Å²) in [6, 6.07) is 66.3. The van der Waals surface area contributed by atoms with Crippen LogP contribution in [0.4, 0.5) is 17.1 Å². The summed E-state index contributed by atoms with van der Waals surface area (Å²) in [6.07, 6.45) is 0. The lowest BCUT2D eigenvalue weighted by Gasteiger charge is -2.27. The first kappa shape index (κ1) is 29.0. The predicted molar refractivity (Wildman–Crippen MR) is 211 cm³/mol. The Bertz CT molecular complexity index is 2850. The van der Waals surface area contributed by atoms with Gasteiger partial charge in [-0.15, -0.1) is 0 Å². The van der Waals surface area contributed by atoms with E-state index in [2.05, 4.69) is 161 Å². The molecule has 10 aromatic rings. The minimum atomic E-state index is 0.612. The maximum absolute atomic E-state index is 6.40. The van der Waals surface area contributed by atoms with Gasteiger partial charge in [0.05, 0.1) is 16.7 Å². The molecule has 0 aliphatic heterocycles. The van der Waals surface area contributed by atoms with Crippen molar-refractivity contribution in [2.24, 2.45) is 0 Å². The molecule has 240 valence electrons. The van der Waals surface area contributed by atoms with Crippen molar-refractivity contribution in [2.75, 3.05) is 4.90 Å². The molecule has 2 aromatic heterocycles. The molecule has 0 amide bonds. The van der Waals surface area contributed by atoms with Crippen LogP contribution in [0.2, 0.25) is 0 Å². The van der Waals surface area contributed by atoms with Gasteiger partial charge in [0.15, 0.2) is 5.58 Å². The Morgan fingerprint density at radius 2 is 1.14 bits per heavy atom. The molecular weight excluding hydrogens is 623 g/mol. The van der Waals surface area contributed by atoms with E-state index in [0.717, 1.165) is 61.3 Å². The van der Waals surface area contributed by atoms with Crippen molar-refractivity contribution in [1.29, 1.82) is 0 Å². The van der Waals surface area contributed by atoms with Gasteiger partial charge in [-0.05, 0) is 89.3 Å². The lowest BCUT2D eigenvalue weighted by atomic mass is 10.0. The zero-order chi connectivity index (χ0) is 33.7. The van der Waals surface area contributed by atoms with Crippen LogP contribution in [0.25, 0.3) is 71.9 Å². The summed E-state index contributed by atoms with van der Waals surface area (Å²) in [7, 11) is 0. The van der Waals surface area contributed by atoms with Gasteiger partial charge in [0.25, 0.3) is 0 Å². The van der Waals surface area contributed by atoms with Crippen molar-refractivity contribution in [3.63, 3.8) is 0 Å². The third-order valence-corrected chi connectivity index (χ3v) is 9.78. The average Bonchev–Trinajstić information content (AvgIpc) is 3.79. The van der Waals surface area contributed by atoms with Crippen LogP contribution < -0.4 is 4.90 Å². The molecule has 0 N–H and O–H groups in total. The van der Waals surface area contributed by atoms with Crippen molar-refractivity contribution >= 4 is 60.7 Å². The first-order chi connectivity index (χ1) is 25.3. The van der Waals surface area contributed by atoms with Gasteiger partial charge in [-0.1, -0.05) is 115 Å². The summed E-state index contributed by atoms with van der Waals surface area (Å²) in [6.45, 7) is 0. The molecule has 4 heteroatoms. The highest BCUT2D eigenvalue weighted by atomic mass is 16.3. The average molecular weight is 654 g/mol. The number of para-hydroxylation sites is 2. The minimum Gasteiger partial charge on any atom is -0.436 e. The Morgan fingerprint density at radius 1 is 0.471 bits per heavy atom. The minimum absolute atomic E-state index is 0.612. The molecule has 0 saturated heterocycles. The molecule has 0 radical (unpaired) electrons. The molecule has 0 fully saturated rings. The largest absolute Gasteiger partial charge is 0.436 e. The lowest BCUT2D eigenvalue weighted by Crippen LogP contribution is -2.11. The first-order valence-electron chi connectivity index (χ1n) is 17.2. The van der Waals surface area contributed by atoms with Crippen LogP contribution in [-0.2, 0) is 0 Å². The van der Waals surface area contributed by atoms with E-state index >= 15 is 0 Å². The van der Waals surface area contributed by atoms with Gasteiger partial charge in [0.2, 0.25) is 5.89 Å². The molecule has 2 heterocycles. The molecule has 51 heavy (non-hydrogen) atoms. The van der Waals surface area contributed by atoms with E-state index in [1.807, 2.05) is 36.4 Å². The number of rotatable bonds is 6. The normalized spacial score (nSPS) is 11.5. The number of hydrogen-bond acceptors (Lipinski definition) is 3. The topological polar surface area (TPSA) is 34.2 Å². The number of benzene rings is 8. The monoisotopic (exact) mass is 653 g/mol. The fraction of sp³-hybridized carbons (Fsp3) is 0. The number of fused-ring (bicyclic) bond motifs is 6. The van der Waals surface area contributed by atoms with Crippen LogP contribution in [0.5, 0.6) is 0 Å². The van der Waals surface area contributed by atoms with Crippen molar-refractivity contribution < 1.29 is 4.42 Å². The highest BCUT2D eigenvalue weighted by Crippen LogP contribution is 2.45. The lowest BCUT2D eigenvalue weighted by molar-refractivity contribution is 0.620. The SMILES string of the molecule is c1ccc(-c2cccc(N(c3ccc4c(c3)c3ccccc3n4-c3ccccc3)c3cccc4ccc5oc(-c6ccccc6)nc5c34)c2)cc1. The number of oxazole rings is 1. The fourth-order valence-electron chi connectivity index (χ4n) is 7.47. The van der Waals surface area contributed by atoms with Gasteiger partial charge in [0.1, 0.15) is 5.52 Å². The molecule has 0 unspecified atom stereocenters. The summed E-state index contributed by atoms with van der Waals surface area (Å²) in [5.41, 5.74) is 11.5. The van der Waals surface area contributed by atoms with E-state index in [1.54, 1.807) is 0 Å². The van der Waals surface area contributed by atoms with E-state index in [0.29, 0.717) is 5.89 Å². The van der Waals surface area contributed by atoms with Crippen LogP contribution in [0.1, 0.15) is 0 Å². The number of anilines is 3. The Labute approximate surface area is 295 Å². The van der Waals surface area contributed by atoms with E-state index in [1.165, 1.54) is 21.9 Å². The van der Waals surface area contributed by atoms with Crippen LogP contribution in [0.3, 0.4) is 0 Å². The molecule has 8 aromatic carbocycles. The van der Waals surface area contributed by atoms with Crippen LogP contribution >= 0.6 is 0 Å². The molecule has 4 nitrogen and oxygen atoms in total. The Kier molecular flexibility index (Phi) is 6.78. The molecule has 0 atom stereocenters. The summed E-state index contributed by atoms with van der Waals surface area (Å²) in [5, 5.41) is 4.53. The fourth-order valence-corrected chi connectivity index (χ4v) is 7.47. The van der Waals surface area contributed by atoms with E-state index in [-0.39, 0.29) is 0 Å². The number of nitrogens with zero attached hydrogens (tertiary/aromatic N) is 3. The van der Waals surface area contributed by atoms with Crippen molar-refractivity contribution in [2.45, 2.75) is 0 Å². The van der Waals surface area contributed by atoms with Gasteiger partial charge < -0.3 is 13.9 Å². The number of hydrogen-bond donors (Lipinski definition) is 0. The molecule has 0 spiro atoms. The molecule has 10 rings (SSSR count). The van der Waals surface area contributed by atoms with Gasteiger partial charge in [-0.2, -0.15) is 0 Å². The Morgan fingerprint density at radius 3 is 1.96 bits per heavy atom. The van der Waals surface area contributed by atoms with E-state index in [4.69, 9.17) is 9.40 Å². The highest BCUT2D eigenvalue weighted by molar-refractivity contribution is 6.14. The molecule has 0 aliphatic carbocycles.